The molecule has 10 nitrogen and oxygen atoms in total. The first kappa shape index (κ1) is 24.1. The highest BCUT2D eigenvalue weighted by atomic mass is 16.5. The minimum absolute atomic E-state index is 0.0106. The highest BCUT2D eigenvalue weighted by Crippen LogP contribution is 2.32. The van der Waals surface area contributed by atoms with Gasteiger partial charge < -0.3 is 25.0 Å². The summed E-state index contributed by atoms with van der Waals surface area (Å²) in [6.07, 6.45) is 8.28. The fourth-order valence-electron chi connectivity index (χ4n) is 4.02. The fraction of sp³-hybridized carbons (Fsp3) is 0.320. The van der Waals surface area contributed by atoms with Crippen LogP contribution in [0.4, 0.5) is 5.69 Å². The second kappa shape index (κ2) is 11.4. The van der Waals surface area contributed by atoms with Crippen LogP contribution in [0.3, 0.4) is 0 Å². The van der Waals surface area contributed by atoms with Crippen LogP contribution < -0.4 is 15.5 Å². The van der Waals surface area contributed by atoms with Gasteiger partial charge >= 0.3 is 0 Å². The number of nitrogens with one attached hydrogen (secondary N) is 2. The molecule has 10 heteroatoms. The van der Waals surface area contributed by atoms with E-state index < -0.39 is 0 Å². The van der Waals surface area contributed by atoms with Crippen LogP contribution in [-0.4, -0.2) is 71.6 Å². The molecule has 0 aliphatic carbocycles. The van der Waals surface area contributed by atoms with E-state index in [4.69, 9.17) is 0 Å². The zero-order valence-corrected chi connectivity index (χ0v) is 19.9. The molecule has 2 amide bonds. The Morgan fingerprint density at radius 1 is 1.17 bits per heavy atom. The molecule has 4 rings (SSSR count). The number of amides is 2. The number of likely N-dealkylation sites (N-methyl/N-ethyl adjacent to an activating group) is 1. The van der Waals surface area contributed by atoms with Crippen molar-refractivity contribution in [1.29, 1.82) is 0 Å². The van der Waals surface area contributed by atoms with Crippen LogP contribution in [0.2, 0.25) is 0 Å². The normalized spacial score (nSPS) is 13.9. The van der Waals surface area contributed by atoms with Crippen molar-refractivity contribution in [3.05, 3.63) is 72.2 Å². The van der Waals surface area contributed by atoms with E-state index in [9.17, 15) is 9.59 Å². The summed E-state index contributed by atoms with van der Waals surface area (Å²) in [6, 6.07) is 8.19. The second-order valence-electron chi connectivity index (χ2n) is 8.24. The number of piperazine rings is 1. The summed E-state index contributed by atoms with van der Waals surface area (Å²) in [6.45, 7) is 5.86. The van der Waals surface area contributed by atoms with Gasteiger partial charge in [-0.2, -0.15) is 4.98 Å². The maximum absolute atomic E-state index is 12.4. The number of nitrogens with zero attached hydrogens (tertiary/aromatic N) is 5. The third kappa shape index (κ3) is 5.90. The topological polar surface area (TPSA) is 116 Å². The SMILES string of the molecule is CNCC=CC(=O)N1CCN(c2cnccc2-c2ccc(CNC(=O)c3ncon3)c(C)c2)CC1. The number of pyridine rings is 1. The quantitative estimate of drug-likeness (QED) is 0.474. The molecule has 182 valence electrons. The smallest absolute Gasteiger partial charge is 0.292 e. The van der Waals surface area contributed by atoms with Crippen LogP contribution in [-0.2, 0) is 11.3 Å². The lowest BCUT2D eigenvalue weighted by atomic mass is 9.99. The van der Waals surface area contributed by atoms with E-state index >= 15 is 0 Å². The molecule has 0 radical (unpaired) electrons. The van der Waals surface area contributed by atoms with Crippen LogP contribution >= 0.6 is 0 Å². The average molecular weight is 476 g/mol. The molecule has 0 spiro atoms. The van der Waals surface area contributed by atoms with Gasteiger partial charge in [-0.05, 0) is 36.7 Å². The zero-order chi connectivity index (χ0) is 24.6. The molecule has 1 fully saturated rings. The van der Waals surface area contributed by atoms with Gasteiger partial charge in [0.25, 0.3) is 11.7 Å². The molecule has 2 N–H and O–H groups in total. The number of anilines is 1. The highest BCUT2D eigenvalue weighted by molar-refractivity contribution is 5.90. The van der Waals surface area contributed by atoms with Gasteiger partial charge in [-0.1, -0.05) is 29.4 Å². The molecule has 3 heterocycles. The molecule has 1 aromatic carbocycles. The molecule has 0 saturated carbocycles. The van der Waals surface area contributed by atoms with Crippen LogP contribution in [0.5, 0.6) is 0 Å². The summed E-state index contributed by atoms with van der Waals surface area (Å²) >= 11 is 0. The molecule has 1 aliphatic rings. The lowest BCUT2D eigenvalue weighted by molar-refractivity contribution is -0.126. The number of aryl methyl sites for hydroxylation is 1. The van der Waals surface area contributed by atoms with E-state index in [-0.39, 0.29) is 17.6 Å². The summed E-state index contributed by atoms with van der Waals surface area (Å²) < 4.78 is 4.62. The molecule has 0 bridgehead atoms. The van der Waals surface area contributed by atoms with E-state index in [1.807, 2.05) is 49.3 Å². The van der Waals surface area contributed by atoms with Crippen molar-refractivity contribution in [3.8, 4) is 11.1 Å². The molecular weight excluding hydrogens is 446 g/mol. The highest BCUT2D eigenvalue weighted by Gasteiger charge is 2.22. The van der Waals surface area contributed by atoms with E-state index in [2.05, 4.69) is 41.2 Å². The first-order valence-corrected chi connectivity index (χ1v) is 11.5. The Balaban J connectivity index is 1.43. The molecule has 2 aromatic heterocycles. The third-order valence-electron chi connectivity index (χ3n) is 5.97. The number of benzene rings is 1. The third-order valence-corrected chi connectivity index (χ3v) is 5.97. The van der Waals surface area contributed by atoms with E-state index in [1.54, 1.807) is 12.3 Å². The first-order chi connectivity index (χ1) is 17.1. The number of hydrogen-bond acceptors (Lipinski definition) is 8. The van der Waals surface area contributed by atoms with Crippen LogP contribution in [0.1, 0.15) is 21.7 Å². The molecule has 3 aromatic rings. The maximum Gasteiger partial charge on any atom is 0.292 e. The van der Waals surface area contributed by atoms with Gasteiger partial charge in [0.15, 0.2) is 0 Å². The lowest BCUT2D eigenvalue weighted by Crippen LogP contribution is -2.48. The summed E-state index contributed by atoms with van der Waals surface area (Å²) in [5.41, 5.74) is 5.26. The summed E-state index contributed by atoms with van der Waals surface area (Å²) in [5.74, 6) is -0.325. The Bertz CT molecular complexity index is 1190. The van der Waals surface area contributed by atoms with Crippen molar-refractivity contribution in [2.75, 3.05) is 44.7 Å². The minimum atomic E-state index is -0.381. The van der Waals surface area contributed by atoms with Crippen molar-refractivity contribution in [3.63, 3.8) is 0 Å². The van der Waals surface area contributed by atoms with Crippen molar-refractivity contribution in [2.45, 2.75) is 13.5 Å². The number of aromatic nitrogens is 3. The first-order valence-electron chi connectivity index (χ1n) is 11.5. The number of carbonyl (C=O) groups excluding carboxylic acids is 2. The maximum atomic E-state index is 12.4. The summed E-state index contributed by atoms with van der Waals surface area (Å²) in [7, 11) is 1.85. The largest absolute Gasteiger partial charge is 0.366 e. The molecule has 0 atom stereocenters. The van der Waals surface area contributed by atoms with Crippen LogP contribution in [0.25, 0.3) is 11.1 Å². The van der Waals surface area contributed by atoms with Gasteiger partial charge in [-0.3, -0.25) is 14.6 Å². The Morgan fingerprint density at radius 2 is 2.00 bits per heavy atom. The van der Waals surface area contributed by atoms with Crippen LogP contribution in [0, 0.1) is 6.92 Å². The second-order valence-corrected chi connectivity index (χ2v) is 8.24. The van der Waals surface area contributed by atoms with E-state index in [0.717, 1.165) is 47.4 Å². The van der Waals surface area contributed by atoms with Gasteiger partial charge in [-0.25, -0.2) is 0 Å². The summed E-state index contributed by atoms with van der Waals surface area (Å²) in [4.78, 5) is 36.7. The predicted molar refractivity (Wildman–Crippen MR) is 132 cm³/mol. The number of hydrogen-bond donors (Lipinski definition) is 2. The number of rotatable bonds is 8. The van der Waals surface area contributed by atoms with Crippen molar-refractivity contribution in [1.82, 2.24) is 30.7 Å². The van der Waals surface area contributed by atoms with Gasteiger partial charge in [0.05, 0.1) is 11.9 Å². The molecular formula is C25H29N7O3. The van der Waals surface area contributed by atoms with Crippen molar-refractivity contribution in [2.24, 2.45) is 0 Å². The molecule has 0 unspecified atom stereocenters. The van der Waals surface area contributed by atoms with E-state index in [1.165, 1.54) is 0 Å². The monoisotopic (exact) mass is 475 g/mol. The molecule has 1 aliphatic heterocycles. The Kier molecular flexibility index (Phi) is 7.84. The lowest BCUT2D eigenvalue weighted by Gasteiger charge is -2.36. The molecule has 35 heavy (non-hydrogen) atoms. The van der Waals surface area contributed by atoms with E-state index in [0.29, 0.717) is 26.2 Å². The zero-order valence-electron chi connectivity index (χ0n) is 19.9. The Hall–Kier alpha value is -4.05. The fourth-order valence-corrected chi connectivity index (χ4v) is 4.02. The van der Waals surface area contributed by atoms with Gasteiger partial charge in [-0.15, -0.1) is 0 Å². The Labute approximate surface area is 204 Å². The predicted octanol–water partition coefficient (Wildman–Crippen LogP) is 1.79. The van der Waals surface area contributed by atoms with Crippen molar-refractivity contribution < 1.29 is 14.1 Å². The number of carbonyl (C=O) groups is 2. The standard InChI is InChI=1S/C25H29N7O3/c1-18-14-19(5-6-20(18)15-28-25(34)24-29-17-35-30-24)21-7-9-27-16-22(21)31-10-12-32(13-11-31)23(33)4-3-8-26-2/h3-7,9,14,16-17,26H,8,10-13,15H2,1-2H3,(H,28,34). The minimum Gasteiger partial charge on any atom is -0.366 e. The van der Waals surface area contributed by atoms with Crippen LogP contribution in [0.15, 0.2) is 59.7 Å². The van der Waals surface area contributed by atoms with Gasteiger partial charge in [0, 0.05) is 57.1 Å². The summed E-state index contributed by atoms with van der Waals surface area (Å²) in [5, 5.41) is 9.37. The Morgan fingerprint density at radius 3 is 2.71 bits per heavy atom. The van der Waals surface area contributed by atoms with Gasteiger partial charge in [0.2, 0.25) is 12.3 Å². The van der Waals surface area contributed by atoms with Gasteiger partial charge in [0.1, 0.15) is 0 Å². The van der Waals surface area contributed by atoms with Crippen molar-refractivity contribution >= 4 is 17.5 Å². The molecule has 1 saturated heterocycles. The average Bonchev–Trinajstić information content (AvgIpc) is 3.43.